The second kappa shape index (κ2) is 8.68. The number of halogens is 4. The van der Waals surface area contributed by atoms with E-state index in [0.717, 1.165) is 16.3 Å². The summed E-state index contributed by atoms with van der Waals surface area (Å²) in [5, 5.41) is 11.7. The van der Waals surface area contributed by atoms with E-state index in [-0.39, 0.29) is 0 Å². The van der Waals surface area contributed by atoms with E-state index in [9.17, 15) is 0 Å². The lowest BCUT2D eigenvalue weighted by Crippen LogP contribution is -2.01. The Labute approximate surface area is 175 Å². The fourth-order valence-corrected chi connectivity index (χ4v) is 4.55. The molecule has 2 aromatic carbocycles. The number of allylic oxidation sites excluding steroid dienone is 1. The molecule has 3 aromatic rings. The zero-order valence-corrected chi connectivity index (χ0v) is 17.3. The van der Waals surface area contributed by atoms with Crippen molar-refractivity contribution in [3.63, 3.8) is 0 Å². The Bertz CT molecular complexity index is 935. The lowest BCUT2D eigenvalue weighted by atomic mass is 10.2. The van der Waals surface area contributed by atoms with E-state index < -0.39 is 0 Å². The van der Waals surface area contributed by atoms with Gasteiger partial charge in [0.1, 0.15) is 0 Å². The summed E-state index contributed by atoms with van der Waals surface area (Å²) < 4.78 is 1.94. The van der Waals surface area contributed by atoms with Crippen molar-refractivity contribution in [3.05, 3.63) is 74.7 Å². The van der Waals surface area contributed by atoms with Gasteiger partial charge < -0.3 is 0 Å². The van der Waals surface area contributed by atoms with Crippen LogP contribution in [0.25, 0.3) is 11.4 Å². The Balaban J connectivity index is 1.93. The first-order chi connectivity index (χ1) is 12.5. The first-order valence-corrected chi connectivity index (χ1v) is 10.1. The van der Waals surface area contributed by atoms with Crippen LogP contribution in [-0.4, -0.2) is 14.8 Å². The van der Waals surface area contributed by atoms with Gasteiger partial charge in [-0.25, -0.2) is 0 Å². The van der Waals surface area contributed by atoms with Gasteiger partial charge in [0.05, 0.1) is 5.02 Å². The van der Waals surface area contributed by atoms with Crippen molar-refractivity contribution in [3.8, 4) is 11.4 Å². The van der Waals surface area contributed by atoms with Crippen LogP contribution in [-0.2, 0) is 12.3 Å². The van der Waals surface area contributed by atoms with Crippen LogP contribution in [0.3, 0.4) is 0 Å². The van der Waals surface area contributed by atoms with E-state index in [0.29, 0.717) is 38.2 Å². The molecule has 1 heterocycles. The summed E-state index contributed by atoms with van der Waals surface area (Å²) in [4.78, 5) is 0. The van der Waals surface area contributed by atoms with Crippen molar-refractivity contribution in [2.24, 2.45) is 0 Å². The first-order valence-electron chi connectivity index (χ1n) is 7.56. The summed E-state index contributed by atoms with van der Waals surface area (Å²) in [6.07, 6.45) is 1.78. The molecular formula is C18H13Cl4N3S. The van der Waals surface area contributed by atoms with Crippen molar-refractivity contribution in [1.29, 1.82) is 0 Å². The highest BCUT2D eigenvalue weighted by atomic mass is 35.5. The maximum Gasteiger partial charge on any atom is 0.192 e. The van der Waals surface area contributed by atoms with Gasteiger partial charge >= 0.3 is 0 Å². The molecule has 0 N–H and O–H groups in total. The van der Waals surface area contributed by atoms with Crippen LogP contribution in [0, 0.1) is 0 Å². The summed E-state index contributed by atoms with van der Waals surface area (Å²) in [5.41, 5.74) is 1.62. The highest BCUT2D eigenvalue weighted by Gasteiger charge is 2.17. The maximum absolute atomic E-state index is 6.33. The largest absolute Gasteiger partial charge is 0.298 e. The van der Waals surface area contributed by atoms with Gasteiger partial charge in [-0.2, -0.15) is 0 Å². The number of nitrogens with zero attached hydrogens (tertiary/aromatic N) is 3. The van der Waals surface area contributed by atoms with Crippen molar-refractivity contribution >= 4 is 58.2 Å². The van der Waals surface area contributed by atoms with Crippen molar-refractivity contribution < 1.29 is 0 Å². The molecule has 26 heavy (non-hydrogen) atoms. The minimum atomic E-state index is 0.515. The Hall–Kier alpha value is -1.17. The normalized spacial score (nSPS) is 10.9. The molecule has 3 rings (SSSR count). The molecule has 3 nitrogen and oxygen atoms in total. The average molecular weight is 445 g/mol. The van der Waals surface area contributed by atoms with E-state index in [1.807, 2.05) is 28.8 Å². The third-order valence-electron chi connectivity index (χ3n) is 3.61. The van der Waals surface area contributed by atoms with Crippen LogP contribution < -0.4 is 0 Å². The van der Waals surface area contributed by atoms with Crippen LogP contribution in [0.15, 0.2) is 54.2 Å². The maximum atomic E-state index is 6.33. The Morgan fingerprint density at radius 2 is 1.73 bits per heavy atom. The molecule has 1 aromatic heterocycles. The molecule has 0 radical (unpaired) electrons. The van der Waals surface area contributed by atoms with E-state index in [1.54, 1.807) is 18.2 Å². The van der Waals surface area contributed by atoms with Gasteiger partial charge in [0.25, 0.3) is 0 Å². The number of aromatic nitrogens is 3. The van der Waals surface area contributed by atoms with Crippen LogP contribution in [0.2, 0.25) is 20.1 Å². The number of rotatable bonds is 6. The Morgan fingerprint density at radius 3 is 2.38 bits per heavy atom. The molecule has 0 amide bonds. The molecule has 0 aliphatic carbocycles. The SMILES string of the molecule is C=CCn1c(SCc2c(Cl)cccc2Cl)nnc1-c1ccc(Cl)cc1Cl. The number of thioether (sulfide) groups is 1. The second-order valence-electron chi connectivity index (χ2n) is 5.32. The summed E-state index contributed by atoms with van der Waals surface area (Å²) in [6.45, 7) is 4.35. The Morgan fingerprint density at radius 1 is 1.00 bits per heavy atom. The molecule has 0 aliphatic heterocycles. The molecule has 0 fully saturated rings. The molecule has 0 spiro atoms. The zero-order valence-electron chi connectivity index (χ0n) is 13.4. The standard InChI is InChI=1S/C18H13Cl4N3S/c1-2-8-25-17(12-7-6-11(19)9-16(12)22)23-24-18(25)26-10-13-14(20)4-3-5-15(13)21/h2-7,9H,1,8,10H2. The lowest BCUT2D eigenvalue weighted by Gasteiger charge is -2.10. The average Bonchev–Trinajstić information content (AvgIpc) is 2.97. The summed E-state index contributed by atoms with van der Waals surface area (Å²) in [7, 11) is 0. The van der Waals surface area contributed by atoms with E-state index in [2.05, 4.69) is 16.8 Å². The molecule has 0 saturated carbocycles. The van der Waals surface area contributed by atoms with Crippen LogP contribution >= 0.6 is 58.2 Å². The Kier molecular flexibility index (Phi) is 6.54. The van der Waals surface area contributed by atoms with Gasteiger partial charge in [0, 0.05) is 32.9 Å². The lowest BCUT2D eigenvalue weighted by molar-refractivity contribution is 0.731. The first kappa shape index (κ1) is 19.6. The van der Waals surface area contributed by atoms with Gasteiger partial charge in [-0.3, -0.25) is 4.57 Å². The van der Waals surface area contributed by atoms with Gasteiger partial charge in [0.15, 0.2) is 11.0 Å². The molecule has 8 heteroatoms. The van der Waals surface area contributed by atoms with Crippen LogP contribution in [0.4, 0.5) is 0 Å². The van der Waals surface area contributed by atoms with E-state index in [1.165, 1.54) is 11.8 Å². The smallest absolute Gasteiger partial charge is 0.192 e. The molecule has 0 aliphatic rings. The van der Waals surface area contributed by atoms with Gasteiger partial charge in [0.2, 0.25) is 0 Å². The number of hydrogen-bond acceptors (Lipinski definition) is 3. The highest BCUT2D eigenvalue weighted by molar-refractivity contribution is 7.98. The van der Waals surface area contributed by atoms with Crippen LogP contribution in [0.1, 0.15) is 5.56 Å². The second-order valence-corrected chi connectivity index (χ2v) is 7.92. The van der Waals surface area contributed by atoms with Crippen molar-refractivity contribution in [2.75, 3.05) is 0 Å². The van der Waals surface area contributed by atoms with Crippen LogP contribution in [0.5, 0.6) is 0 Å². The van der Waals surface area contributed by atoms with E-state index >= 15 is 0 Å². The molecule has 0 unspecified atom stereocenters. The topological polar surface area (TPSA) is 30.7 Å². The van der Waals surface area contributed by atoms with Gasteiger partial charge in [-0.15, -0.1) is 16.8 Å². The molecule has 134 valence electrons. The number of hydrogen-bond donors (Lipinski definition) is 0. The fourth-order valence-electron chi connectivity index (χ4n) is 2.37. The molecule has 0 atom stereocenters. The summed E-state index contributed by atoms with van der Waals surface area (Å²) in [5.74, 6) is 1.22. The zero-order chi connectivity index (χ0) is 18.7. The van der Waals surface area contributed by atoms with Crippen molar-refractivity contribution in [2.45, 2.75) is 17.5 Å². The summed E-state index contributed by atoms with van der Waals surface area (Å²) >= 11 is 26.3. The van der Waals surface area contributed by atoms with Crippen molar-refractivity contribution in [1.82, 2.24) is 14.8 Å². The predicted molar refractivity (Wildman–Crippen MR) is 112 cm³/mol. The molecule has 0 bridgehead atoms. The monoisotopic (exact) mass is 443 g/mol. The molecule has 0 saturated heterocycles. The van der Waals surface area contributed by atoms with Gasteiger partial charge in [-0.05, 0) is 35.9 Å². The molecular weight excluding hydrogens is 432 g/mol. The minimum Gasteiger partial charge on any atom is -0.298 e. The van der Waals surface area contributed by atoms with E-state index in [4.69, 9.17) is 46.4 Å². The third-order valence-corrected chi connectivity index (χ3v) is 5.86. The third kappa shape index (κ3) is 4.21. The summed E-state index contributed by atoms with van der Waals surface area (Å²) in [6, 6.07) is 10.7. The van der Waals surface area contributed by atoms with Gasteiger partial charge in [-0.1, -0.05) is 70.3 Å². The fraction of sp³-hybridized carbons (Fsp3) is 0.111. The predicted octanol–water partition coefficient (Wildman–Crippen LogP) is 7.04. The quantitative estimate of drug-likeness (QED) is 0.301. The highest BCUT2D eigenvalue weighted by Crippen LogP contribution is 2.34. The minimum absolute atomic E-state index is 0.515. The number of benzene rings is 2.